The highest BCUT2D eigenvalue weighted by atomic mass is 35.5. The summed E-state index contributed by atoms with van der Waals surface area (Å²) in [6, 6.07) is 7.61. The number of carbonyl (C=O) groups is 2. The van der Waals surface area contributed by atoms with Crippen molar-refractivity contribution in [3.8, 4) is 0 Å². The van der Waals surface area contributed by atoms with Crippen LogP contribution in [0, 0.1) is 0 Å². The molecule has 126 valence electrons. The third kappa shape index (κ3) is 5.87. The van der Waals surface area contributed by atoms with Crippen molar-refractivity contribution in [2.45, 2.75) is 51.5 Å². The molecule has 1 N–H and O–H groups in total. The van der Waals surface area contributed by atoms with Gasteiger partial charge in [0, 0.05) is 31.1 Å². The van der Waals surface area contributed by atoms with Crippen molar-refractivity contribution in [3.05, 3.63) is 34.9 Å². The molecule has 0 aliphatic heterocycles. The highest BCUT2D eigenvalue weighted by Crippen LogP contribution is 2.22. The van der Waals surface area contributed by atoms with Crippen molar-refractivity contribution in [2.75, 3.05) is 13.1 Å². The molecule has 23 heavy (non-hydrogen) atoms. The minimum atomic E-state index is -0.0283. The number of halogens is 1. The summed E-state index contributed by atoms with van der Waals surface area (Å²) in [4.78, 5) is 25.7. The summed E-state index contributed by atoms with van der Waals surface area (Å²) in [7, 11) is 0. The molecule has 2 amide bonds. The second kappa shape index (κ2) is 8.92. The van der Waals surface area contributed by atoms with Gasteiger partial charge in [-0.3, -0.25) is 9.59 Å². The van der Waals surface area contributed by atoms with Gasteiger partial charge in [-0.05, 0) is 30.5 Å². The fourth-order valence-corrected chi connectivity index (χ4v) is 3.28. The number of hydrogen-bond acceptors (Lipinski definition) is 2. The van der Waals surface area contributed by atoms with Gasteiger partial charge in [0.1, 0.15) is 0 Å². The van der Waals surface area contributed by atoms with Gasteiger partial charge < -0.3 is 10.2 Å². The molecule has 0 bridgehead atoms. The first kappa shape index (κ1) is 17.8. The second-order valence-electron chi connectivity index (χ2n) is 6.16. The molecule has 1 aliphatic rings. The molecule has 0 spiro atoms. The molecule has 5 heteroatoms. The number of nitrogens with one attached hydrogen (secondary N) is 1. The maximum atomic E-state index is 12.0. The van der Waals surface area contributed by atoms with Gasteiger partial charge in [0.05, 0.1) is 6.42 Å². The van der Waals surface area contributed by atoms with Gasteiger partial charge in [-0.15, -0.1) is 0 Å². The molecule has 0 saturated heterocycles. The van der Waals surface area contributed by atoms with Gasteiger partial charge in [0.15, 0.2) is 0 Å². The molecular formula is C18H25ClN2O2. The Bertz CT molecular complexity index is 524. The van der Waals surface area contributed by atoms with Gasteiger partial charge in [-0.1, -0.05) is 43.0 Å². The maximum Gasteiger partial charge on any atom is 0.224 e. The van der Waals surface area contributed by atoms with Crippen LogP contribution >= 0.6 is 11.6 Å². The van der Waals surface area contributed by atoms with E-state index in [0.717, 1.165) is 18.4 Å². The number of nitrogens with zero attached hydrogens (tertiary/aromatic N) is 1. The van der Waals surface area contributed by atoms with E-state index in [9.17, 15) is 9.59 Å². The Kier molecular flexibility index (Phi) is 6.90. The summed E-state index contributed by atoms with van der Waals surface area (Å²) in [6.45, 7) is 2.71. The molecule has 0 heterocycles. The van der Waals surface area contributed by atoms with E-state index in [1.165, 1.54) is 19.3 Å². The Morgan fingerprint density at radius 1 is 1.17 bits per heavy atom. The molecule has 1 saturated carbocycles. The van der Waals surface area contributed by atoms with Crippen LogP contribution in [0.25, 0.3) is 0 Å². The van der Waals surface area contributed by atoms with E-state index >= 15 is 0 Å². The molecule has 1 fully saturated rings. The fourth-order valence-electron chi connectivity index (χ4n) is 3.16. The smallest absolute Gasteiger partial charge is 0.224 e. The molecular weight excluding hydrogens is 312 g/mol. The molecule has 1 aromatic carbocycles. The zero-order chi connectivity index (χ0) is 16.7. The normalized spacial score (nSPS) is 15.2. The van der Waals surface area contributed by atoms with E-state index in [1.807, 2.05) is 17.0 Å². The van der Waals surface area contributed by atoms with Crippen molar-refractivity contribution < 1.29 is 9.59 Å². The Morgan fingerprint density at radius 2 is 1.83 bits per heavy atom. The predicted octanol–water partition coefficient (Wildman–Crippen LogP) is 3.18. The zero-order valence-corrected chi connectivity index (χ0v) is 14.4. The largest absolute Gasteiger partial charge is 0.354 e. The van der Waals surface area contributed by atoms with Crippen LogP contribution in [0.2, 0.25) is 5.02 Å². The van der Waals surface area contributed by atoms with Gasteiger partial charge >= 0.3 is 0 Å². The van der Waals surface area contributed by atoms with Gasteiger partial charge in [0.2, 0.25) is 11.8 Å². The molecule has 2 rings (SSSR count). The molecule has 4 nitrogen and oxygen atoms in total. The average Bonchev–Trinajstić information content (AvgIpc) is 2.54. The van der Waals surface area contributed by atoms with Crippen LogP contribution in [0.4, 0.5) is 0 Å². The number of hydrogen-bond donors (Lipinski definition) is 1. The first-order valence-electron chi connectivity index (χ1n) is 8.34. The van der Waals surface area contributed by atoms with Crippen molar-refractivity contribution in [2.24, 2.45) is 0 Å². The summed E-state index contributed by atoms with van der Waals surface area (Å²) in [6.07, 6.45) is 6.14. The zero-order valence-electron chi connectivity index (χ0n) is 13.7. The summed E-state index contributed by atoms with van der Waals surface area (Å²) in [5.41, 5.74) is 0.933. The fraction of sp³-hybridized carbons (Fsp3) is 0.556. The lowest BCUT2D eigenvalue weighted by atomic mass is 9.94. The van der Waals surface area contributed by atoms with Crippen LogP contribution in [0.5, 0.6) is 0 Å². The molecule has 0 atom stereocenters. The Balaban J connectivity index is 1.76. The van der Waals surface area contributed by atoms with E-state index in [-0.39, 0.29) is 11.8 Å². The van der Waals surface area contributed by atoms with Gasteiger partial charge in [-0.25, -0.2) is 0 Å². The van der Waals surface area contributed by atoms with Crippen LogP contribution in [0.1, 0.15) is 44.6 Å². The highest BCUT2D eigenvalue weighted by molar-refractivity contribution is 6.30. The van der Waals surface area contributed by atoms with E-state index < -0.39 is 0 Å². The topological polar surface area (TPSA) is 49.4 Å². The quantitative estimate of drug-likeness (QED) is 0.867. The minimum absolute atomic E-state index is 0.0283. The third-order valence-corrected chi connectivity index (χ3v) is 4.62. The van der Waals surface area contributed by atoms with Crippen LogP contribution in [0.15, 0.2) is 24.3 Å². The SMILES string of the molecule is CC(=O)N(CCNC(=O)Cc1ccc(Cl)cc1)C1CCCCC1. The summed E-state index contributed by atoms with van der Waals surface area (Å²) in [5.74, 6) is 0.0725. The Morgan fingerprint density at radius 3 is 2.43 bits per heavy atom. The third-order valence-electron chi connectivity index (χ3n) is 4.37. The first-order chi connectivity index (χ1) is 11.1. The molecule has 0 radical (unpaired) electrons. The Hall–Kier alpha value is -1.55. The van der Waals surface area contributed by atoms with Crippen LogP contribution in [0.3, 0.4) is 0 Å². The van der Waals surface area contributed by atoms with E-state index in [1.54, 1.807) is 19.1 Å². The number of rotatable bonds is 6. The standard InChI is InChI=1S/C18H25ClN2O2/c1-14(22)21(17-5-3-2-4-6-17)12-11-20-18(23)13-15-7-9-16(19)10-8-15/h7-10,17H,2-6,11-13H2,1H3,(H,20,23). The number of amides is 2. The lowest BCUT2D eigenvalue weighted by Crippen LogP contribution is -2.44. The first-order valence-corrected chi connectivity index (χ1v) is 8.72. The van der Waals surface area contributed by atoms with E-state index in [2.05, 4.69) is 5.32 Å². The van der Waals surface area contributed by atoms with Crippen LogP contribution in [-0.4, -0.2) is 35.8 Å². The van der Waals surface area contributed by atoms with Crippen molar-refractivity contribution in [3.63, 3.8) is 0 Å². The maximum absolute atomic E-state index is 12.0. The van der Waals surface area contributed by atoms with Gasteiger partial charge in [-0.2, -0.15) is 0 Å². The average molecular weight is 337 g/mol. The lowest BCUT2D eigenvalue weighted by molar-refractivity contribution is -0.132. The van der Waals surface area contributed by atoms with Crippen LogP contribution in [-0.2, 0) is 16.0 Å². The lowest BCUT2D eigenvalue weighted by Gasteiger charge is -2.33. The second-order valence-corrected chi connectivity index (χ2v) is 6.59. The number of benzene rings is 1. The summed E-state index contributed by atoms with van der Waals surface area (Å²) < 4.78 is 0. The van der Waals surface area contributed by atoms with E-state index in [4.69, 9.17) is 11.6 Å². The molecule has 0 aromatic heterocycles. The monoisotopic (exact) mass is 336 g/mol. The van der Waals surface area contributed by atoms with E-state index in [0.29, 0.717) is 30.6 Å². The van der Waals surface area contributed by atoms with Crippen LogP contribution < -0.4 is 5.32 Å². The molecule has 0 unspecified atom stereocenters. The molecule has 1 aliphatic carbocycles. The summed E-state index contributed by atoms with van der Waals surface area (Å²) in [5, 5.41) is 3.57. The molecule has 1 aromatic rings. The Labute approximate surface area is 143 Å². The number of carbonyl (C=O) groups excluding carboxylic acids is 2. The minimum Gasteiger partial charge on any atom is -0.354 e. The highest BCUT2D eigenvalue weighted by Gasteiger charge is 2.22. The van der Waals surface area contributed by atoms with Crippen molar-refractivity contribution in [1.82, 2.24) is 10.2 Å². The summed E-state index contributed by atoms with van der Waals surface area (Å²) >= 11 is 5.83. The van der Waals surface area contributed by atoms with Gasteiger partial charge in [0.25, 0.3) is 0 Å². The van der Waals surface area contributed by atoms with Crippen molar-refractivity contribution >= 4 is 23.4 Å². The van der Waals surface area contributed by atoms with Crippen molar-refractivity contribution in [1.29, 1.82) is 0 Å². The predicted molar refractivity (Wildman–Crippen MR) is 92.4 cm³/mol.